The number of halogens is 1. The predicted molar refractivity (Wildman–Crippen MR) is 76.0 cm³/mol. The van der Waals surface area contributed by atoms with Gasteiger partial charge in [0.15, 0.2) is 0 Å². The molecule has 0 saturated heterocycles. The molecular formula is C13H20ClNO2S. The van der Waals surface area contributed by atoms with Gasteiger partial charge in [-0.3, -0.25) is 4.79 Å². The Kier molecular flexibility index (Phi) is 5.20. The van der Waals surface area contributed by atoms with E-state index in [4.69, 9.17) is 22.1 Å². The molecular weight excluding hydrogens is 270 g/mol. The van der Waals surface area contributed by atoms with Crippen molar-refractivity contribution in [1.82, 2.24) is 0 Å². The minimum atomic E-state index is -0.584. The first-order valence-electron chi connectivity index (χ1n) is 5.96. The van der Waals surface area contributed by atoms with E-state index >= 15 is 0 Å². The summed E-state index contributed by atoms with van der Waals surface area (Å²) in [5.74, 6) is -0.208. The summed E-state index contributed by atoms with van der Waals surface area (Å²) in [4.78, 5) is 12.8. The van der Waals surface area contributed by atoms with Gasteiger partial charge in [-0.15, -0.1) is 11.3 Å². The number of aryl methyl sites for hydroxylation is 1. The largest absolute Gasteiger partial charge is 0.466 e. The van der Waals surface area contributed by atoms with Gasteiger partial charge in [0, 0.05) is 10.9 Å². The van der Waals surface area contributed by atoms with Gasteiger partial charge in [0.2, 0.25) is 0 Å². The Bertz CT molecular complexity index is 409. The van der Waals surface area contributed by atoms with Gasteiger partial charge < -0.3 is 10.5 Å². The third kappa shape index (κ3) is 3.70. The molecule has 18 heavy (non-hydrogen) atoms. The Hall–Kier alpha value is -0.580. The maximum atomic E-state index is 11.8. The third-order valence-corrected chi connectivity index (χ3v) is 4.49. The summed E-state index contributed by atoms with van der Waals surface area (Å²) in [5, 5.41) is 0. The standard InChI is InChI=1S/C13H20ClNO2S/c1-5-17-12(16)13(3,4)7-9(15)10-6-8(2)11(14)18-10/h6,9H,5,7,15H2,1-4H3. The normalized spacial score (nSPS) is 13.4. The molecule has 102 valence electrons. The van der Waals surface area contributed by atoms with E-state index in [1.165, 1.54) is 11.3 Å². The first-order valence-corrected chi connectivity index (χ1v) is 7.16. The van der Waals surface area contributed by atoms with Crippen LogP contribution < -0.4 is 5.73 Å². The number of hydrogen-bond acceptors (Lipinski definition) is 4. The van der Waals surface area contributed by atoms with Crippen molar-refractivity contribution < 1.29 is 9.53 Å². The van der Waals surface area contributed by atoms with Crippen LogP contribution in [0, 0.1) is 12.3 Å². The molecule has 1 atom stereocenters. The topological polar surface area (TPSA) is 52.3 Å². The van der Waals surface area contributed by atoms with E-state index in [2.05, 4.69) is 0 Å². The van der Waals surface area contributed by atoms with Gasteiger partial charge >= 0.3 is 5.97 Å². The van der Waals surface area contributed by atoms with E-state index in [0.717, 1.165) is 14.8 Å². The second-order valence-electron chi connectivity index (χ2n) is 5.02. The van der Waals surface area contributed by atoms with Gasteiger partial charge in [-0.25, -0.2) is 0 Å². The zero-order chi connectivity index (χ0) is 13.9. The first kappa shape index (κ1) is 15.5. The van der Waals surface area contributed by atoms with Crippen LogP contribution in [0.3, 0.4) is 0 Å². The van der Waals surface area contributed by atoms with Gasteiger partial charge in [-0.05, 0) is 45.7 Å². The average molecular weight is 290 g/mol. The summed E-state index contributed by atoms with van der Waals surface area (Å²) in [6, 6.07) is 1.79. The zero-order valence-electron chi connectivity index (χ0n) is 11.2. The van der Waals surface area contributed by atoms with Crippen LogP contribution in [0.15, 0.2) is 6.07 Å². The fourth-order valence-corrected chi connectivity index (χ4v) is 2.95. The molecule has 0 spiro atoms. The molecule has 0 aliphatic carbocycles. The van der Waals surface area contributed by atoms with E-state index in [1.807, 2.05) is 26.8 Å². The molecule has 0 aliphatic heterocycles. The third-order valence-electron chi connectivity index (χ3n) is 2.80. The first-order chi connectivity index (χ1) is 8.27. The van der Waals surface area contributed by atoms with Gasteiger partial charge in [0.05, 0.1) is 16.4 Å². The van der Waals surface area contributed by atoms with E-state index < -0.39 is 5.41 Å². The van der Waals surface area contributed by atoms with Crippen LogP contribution in [0.4, 0.5) is 0 Å². The Labute approximate surface area is 117 Å². The highest BCUT2D eigenvalue weighted by Crippen LogP contribution is 2.36. The van der Waals surface area contributed by atoms with Crippen LogP contribution in [0.2, 0.25) is 4.34 Å². The molecule has 3 nitrogen and oxygen atoms in total. The lowest BCUT2D eigenvalue weighted by atomic mass is 9.85. The van der Waals surface area contributed by atoms with Crippen molar-refractivity contribution in [2.45, 2.75) is 40.2 Å². The number of carbonyl (C=O) groups excluding carboxylic acids is 1. The molecule has 1 rings (SSSR count). The van der Waals surface area contributed by atoms with Crippen molar-refractivity contribution in [3.05, 3.63) is 20.8 Å². The van der Waals surface area contributed by atoms with Crippen molar-refractivity contribution >= 4 is 28.9 Å². The van der Waals surface area contributed by atoms with Crippen molar-refractivity contribution in [3.8, 4) is 0 Å². The second-order valence-corrected chi connectivity index (χ2v) is 6.71. The Morgan fingerprint density at radius 2 is 2.22 bits per heavy atom. The van der Waals surface area contributed by atoms with Crippen molar-refractivity contribution in [2.75, 3.05) is 6.61 Å². The molecule has 0 aromatic carbocycles. The number of ether oxygens (including phenoxy) is 1. The summed E-state index contributed by atoms with van der Waals surface area (Å²) >= 11 is 7.50. The molecule has 0 radical (unpaired) electrons. The van der Waals surface area contributed by atoms with E-state index in [1.54, 1.807) is 6.92 Å². The molecule has 0 amide bonds. The summed E-state index contributed by atoms with van der Waals surface area (Å²) in [5.41, 5.74) is 6.59. The smallest absolute Gasteiger partial charge is 0.311 e. The van der Waals surface area contributed by atoms with Crippen LogP contribution in [-0.2, 0) is 9.53 Å². The van der Waals surface area contributed by atoms with Gasteiger partial charge in [0.25, 0.3) is 0 Å². The lowest BCUT2D eigenvalue weighted by Gasteiger charge is -2.25. The van der Waals surface area contributed by atoms with Crippen LogP contribution >= 0.6 is 22.9 Å². The number of nitrogens with two attached hydrogens (primary N) is 1. The highest BCUT2D eigenvalue weighted by atomic mass is 35.5. The van der Waals surface area contributed by atoms with Gasteiger partial charge in [-0.1, -0.05) is 11.6 Å². The van der Waals surface area contributed by atoms with Gasteiger partial charge in [0.1, 0.15) is 0 Å². The lowest BCUT2D eigenvalue weighted by molar-refractivity contribution is -0.154. The Balaban J connectivity index is 2.74. The molecule has 1 aromatic rings. The molecule has 0 bridgehead atoms. The van der Waals surface area contributed by atoms with Crippen LogP contribution in [-0.4, -0.2) is 12.6 Å². The highest BCUT2D eigenvalue weighted by molar-refractivity contribution is 7.16. The number of esters is 1. The molecule has 0 saturated carbocycles. The molecule has 0 aliphatic rings. The van der Waals surface area contributed by atoms with Crippen molar-refractivity contribution in [3.63, 3.8) is 0 Å². The fraction of sp³-hybridized carbons (Fsp3) is 0.615. The molecule has 1 unspecified atom stereocenters. The average Bonchev–Trinajstić information content (AvgIpc) is 2.59. The van der Waals surface area contributed by atoms with E-state index in [9.17, 15) is 4.79 Å². The highest BCUT2D eigenvalue weighted by Gasteiger charge is 2.32. The summed E-state index contributed by atoms with van der Waals surface area (Å²) in [6.45, 7) is 7.85. The summed E-state index contributed by atoms with van der Waals surface area (Å²) in [6.07, 6.45) is 0.544. The maximum absolute atomic E-state index is 11.8. The Morgan fingerprint density at radius 1 is 1.61 bits per heavy atom. The predicted octanol–water partition coefficient (Wildman–Crippen LogP) is 3.69. The van der Waals surface area contributed by atoms with E-state index in [-0.39, 0.29) is 12.0 Å². The minimum absolute atomic E-state index is 0.194. The molecule has 5 heteroatoms. The van der Waals surface area contributed by atoms with Crippen molar-refractivity contribution in [1.29, 1.82) is 0 Å². The molecule has 1 heterocycles. The number of hydrogen-bond donors (Lipinski definition) is 1. The van der Waals surface area contributed by atoms with Crippen LogP contribution in [0.5, 0.6) is 0 Å². The maximum Gasteiger partial charge on any atom is 0.311 e. The number of thiophene rings is 1. The zero-order valence-corrected chi connectivity index (χ0v) is 12.8. The monoisotopic (exact) mass is 289 g/mol. The van der Waals surface area contributed by atoms with Crippen molar-refractivity contribution in [2.24, 2.45) is 11.1 Å². The summed E-state index contributed by atoms with van der Waals surface area (Å²) < 4.78 is 5.81. The number of carbonyl (C=O) groups is 1. The minimum Gasteiger partial charge on any atom is -0.466 e. The van der Waals surface area contributed by atoms with E-state index in [0.29, 0.717) is 13.0 Å². The lowest BCUT2D eigenvalue weighted by Crippen LogP contribution is -2.30. The van der Waals surface area contributed by atoms with Gasteiger partial charge in [-0.2, -0.15) is 0 Å². The quantitative estimate of drug-likeness (QED) is 0.841. The summed E-state index contributed by atoms with van der Waals surface area (Å²) in [7, 11) is 0. The molecule has 0 fully saturated rings. The van der Waals surface area contributed by atoms with Crippen LogP contribution in [0.1, 0.15) is 43.7 Å². The molecule has 2 N–H and O–H groups in total. The fourth-order valence-electron chi connectivity index (χ4n) is 1.73. The molecule has 1 aromatic heterocycles. The Morgan fingerprint density at radius 3 is 2.67 bits per heavy atom. The van der Waals surface area contributed by atoms with Crippen LogP contribution in [0.25, 0.3) is 0 Å². The number of rotatable bonds is 5. The SMILES string of the molecule is CCOC(=O)C(C)(C)CC(N)c1cc(C)c(Cl)s1. The second kappa shape index (κ2) is 6.04.